The van der Waals surface area contributed by atoms with Crippen molar-refractivity contribution in [1.82, 2.24) is 9.88 Å². The molecule has 1 aromatic carbocycles. The first kappa shape index (κ1) is 13.6. The van der Waals surface area contributed by atoms with E-state index in [1.165, 1.54) is 0 Å². The van der Waals surface area contributed by atoms with E-state index in [0.29, 0.717) is 24.6 Å². The minimum absolute atomic E-state index is 0.0226. The van der Waals surface area contributed by atoms with Crippen LogP contribution in [0.5, 0.6) is 0 Å². The molecule has 1 fully saturated rings. The molecule has 1 amide bonds. The van der Waals surface area contributed by atoms with E-state index >= 15 is 0 Å². The Morgan fingerprint density at radius 1 is 1.43 bits per heavy atom. The van der Waals surface area contributed by atoms with Gasteiger partial charge in [0.2, 0.25) is 0 Å². The number of carbonyl (C=O) groups excluding carboxylic acids is 1. The van der Waals surface area contributed by atoms with E-state index in [4.69, 9.17) is 5.26 Å². The molecule has 1 aromatic heterocycles. The smallest absolute Gasteiger partial charge is 0.254 e. The van der Waals surface area contributed by atoms with Crippen molar-refractivity contribution in [2.75, 3.05) is 6.54 Å². The van der Waals surface area contributed by atoms with E-state index in [2.05, 4.69) is 11.1 Å². The average molecular weight is 279 g/mol. The number of hydrogen-bond acceptors (Lipinski definition) is 3. The first-order chi connectivity index (χ1) is 10.2. The van der Waals surface area contributed by atoms with Crippen molar-refractivity contribution in [3.05, 3.63) is 41.6 Å². The maximum Gasteiger partial charge on any atom is 0.254 e. The van der Waals surface area contributed by atoms with Gasteiger partial charge in [0.1, 0.15) is 0 Å². The van der Waals surface area contributed by atoms with Crippen LogP contribution in [0.1, 0.15) is 35.3 Å². The van der Waals surface area contributed by atoms with Crippen LogP contribution in [0.25, 0.3) is 10.9 Å². The fourth-order valence-corrected chi connectivity index (χ4v) is 2.65. The molecule has 4 nitrogen and oxygen atoms in total. The van der Waals surface area contributed by atoms with E-state index in [9.17, 15) is 4.79 Å². The van der Waals surface area contributed by atoms with Crippen molar-refractivity contribution < 1.29 is 4.79 Å². The molecular formula is C17H17N3O. The van der Waals surface area contributed by atoms with Crippen LogP contribution in [-0.2, 0) is 0 Å². The predicted molar refractivity (Wildman–Crippen MR) is 80.8 cm³/mol. The van der Waals surface area contributed by atoms with Gasteiger partial charge in [-0.3, -0.25) is 9.78 Å². The van der Waals surface area contributed by atoms with Crippen LogP contribution < -0.4 is 0 Å². The van der Waals surface area contributed by atoms with Gasteiger partial charge in [-0.25, -0.2) is 0 Å². The van der Waals surface area contributed by atoms with Crippen LogP contribution >= 0.6 is 0 Å². The summed E-state index contributed by atoms with van der Waals surface area (Å²) in [7, 11) is 0. The fourth-order valence-electron chi connectivity index (χ4n) is 2.65. The molecule has 0 spiro atoms. The van der Waals surface area contributed by atoms with Gasteiger partial charge in [0, 0.05) is 23.7 Å². The molecule has 0 saturated heterocycles. The minimum Gasteiger partial charge on any atom is -0.335 e. The second-order valence-electron chi connectivity index (χ2n) is 5.47. The number of aromatic nitrogens is 1. The zero-order chi connectivity index (χ0) is 14.8. The number of nitriles is 1. The number of benzene rings is 1. The molecule has 1 saturated carbocycles. The highest BCUT2D eigenvalue weighted by molar-refractivity contribution is 6.06. The second kappa shape index (κ2) is 5.53. The summed E-state index contributed by atoms with van der Waals surface area (Å²) in [4.78, 5) is 19.2. The summed E-state index contributed by atoms with van der Waals surface area (Å²) in [6.07, 6.45) is 2.46. The summed E-state index contributed by atoms with van der Waals surface area (Å²) in [5.41, 5.74) is 2.38. The number of hydrogen-bond donors (Lipinski definition) is 0. The van der Waals surface area contributed by atoms with Crippen LogP contribution in [0.4, 0.5) is 0 Å². The largest absolute Gasteiger partial charge is 0.335 e. The highest BCUT2D eigenvalue weighted by atomic mass is 16.2. The lowest BCUT2D eigenvalue weighted by atomic mass is 10.1. The first-order valence-electron chi connectivity index (χ1n) is 7.25. The highest BCUT2D eigenvalue weighted by Gasteiger charge is 2.33. The van der Waals surface area contributed by atoms with Crippen LogP contribution in [0.15, 0.2) is 30.3 Å². The van der Waals surface area contributed by atoms with Crippen molar-refractivity contribution in [1.29, 1.82) is 5.26 Å². The van der Waals surface area contributed by atoms with Gasteiger partial charge in [-0.2, -0.15) is 5.26 Å². The molecule has 0 unspecified atom stereocenters. The summed E-state index contributed by atoms with van der Waals surface area (Å²) in [5, 5.41) is 9.67. The quantitative estimate of drug-likeness (QED) is 0.864. The van der Waals surface area contributed by atoms with Crippen molar-refractivity contribution in [3.63, 3.8) is 0 Å². The number of pyridine rings is 1. The third-order valence-electron chi connectivity index (χ3n) is 3.79. The fraction of sp³-hybridized carbons (Fsp3) is 0.353. The lowest BCUT2D eigenvalue weighted by Crippen LogP contribution is -2.34. The Hall–Kier alpha value is -2.41. The molecule has 1 heterocycles. The topological polar surface area (TPSA) is 57.0 Å². The van der Waals surface area contributed by atoms with Gasteiger partial charge in [-0.1, -0.05) is 18.2 Å². The Morgan fingerprint density at radius 3 is 2.90 bits per heavy atom. The molecule has 1 aliphatic carbocycles. The lowest BCUT2D eigenvalue weighted by Gasteiger charge is -2.22. The summed E-state index contributed by atoms with van der Waals surface area (Å²) in [5.74, 6) is 0.0226. The summed E-state index contributed by atoms with van der Waals surface area (Å²) >= 11 is 0. The normalized spacial score (nSPS) is 13.9. The van der Waals surface area contributed by atoms with Crippen molar-refractivity contribution in [2.45, 2.75) is 32.2 Å². The van der Waals surface area contributed by atoms with E-state index < -0.39 is 0 Å². The van der Waals surface area contributed by atoms with E-state index in [-0.39, 0.29) is 5.91 Å². The molecule has 0 radical (unpaired) electrons. The maximum absolute atomic E-state index is 12.9. The number of rotatable bonds is 4. The van der Waals surface area contributed by atoms with Crippen LogP contribution in [-0.4, -0.2) is 28.4 Å². The number of carbonyl (C=O) groups is 1. The molecule has 1 aliphatic rings. The van der Waals surface area contributed by atoms with E-state index in [1.54, 1.807) is 0 Å². The van der Waals surface area contributed by atoms with Crippen molar-refractivity contribution in [2.24, 2.45) is 0 Å². The zero-order valence-corrected chi connectivity index (χ0v) is 12.0. The van der Waals surface area contributed by atoms with Gasteiger partial charge in [0.05, 0.1) is 23.6 Å². The maximum atomic E-state index is 12.9. The zero-order valence-electron chi connectivity index (χ0n) is 12.0. The molecule has 0 bridgehead atoms. The Balaban J connectivity index is 2.02. The number of fused-ring (bicyclic) bond motifs is 1. The Labute approximate surface area is 124 Å². The number of para-hydroxylation sites is 1. The molecule has 4 heteroatoms. The Kier molecular flexibility index (Phi) is 3.57. The molecule has 2 aromatic rings. The van der Waals surface area contributed by atoms with Crippen LogP contribution in [0.2, 0.25) is 0 Å². The van der Waals surface area contributed by atoms with Crippen LogP contribution in [0.3, 0.4) is 0 Å². The van der Waals surface area contributed by atoms with Gasteiger partial charge >= 0.3 is 0 Å². The third-order valence-corrected chi connectivity index (χ3v) is 3.79. The average Bonchev–Trinajstić information content (AvgIpc) is 3.31. The molecule has 21 heavy (non-hydrogen) atoms. The molecule has 0 atom stereocenters. The lowest BCUT2D eigenvalue weighted by molar-refractivity contribution is 0.0748. The van der Waals surface area contributed by atoms with Gasteiger partial charge in [0.25, 0.3) is 5.91 Å². The number of nitrogens with zero attached hydrogens (tertiary/aromatic N) is 3. The van der Waals surface area contributed by atoms with Crippen molar-refractivity contribution in [3.8, 4) is 6.07 Å². The Bertz CT molecular complexity index is 728. The van der Waals surface area contributed by atoms with Gasteiger partial charge < -0.3 is 4.90 Å². The monoisotopic (exact) mass is 279 g/mol. The number of aryl methyl sites for hydroxylation is 1. The number of amides is 1. The van der Waals surface area contributed by atoms with Gasteiger partial charge in [-0.15, -0.1) is 0 Å². The standard InChI is InChI=1S/C17H17N3O/c1-12-11-15(14-5-2-3-6-16(14)19-12)17(21)20(10-4-9-18)13-7-8-13/h2-3,5-6,11,13H,4,7-8,10H2,1H3. The van der Waals surface area contributed by atoms with Gasteiger partial charge in [0.15, 0.2) is 0 Å². The highest BCUT2D eigenvalue weighted by Crippen LogP contribution is 2.30. The molecule has 0 aliphatic heterocycles. The Morgan fingerprint density at radius 2 is 2.19 bits per heavy atom. The summed E-state index contributed by atoms with van der Waals surface area (Å²) in [6, 6.07) is 12.0. The minimum atomic E-state index is 0.0226. The van der Waals surface area contributed by atoms with Gasteiger partial charge in [-0.05, 0) is 31.9 Å². The molecule has 106 valence electrons. The molecule has 0 N–H and O–H groups in total. The second-order valence-corrected chi connectivity index (χ2v) is 5.47. The summed E-state index contributed by atoms with van der Waals surface area (Å²) in [6.45, 7) is 2.41. The van der Waals surface area contributed by atoms with Crippen molar-refractivity contribution >= 4 is 16.8 Å². The molecular weight excluding hydrogens is 262 g/mol. The first-order valence-corrected chi connectivity index (χ1v) is 7.25. The van der Waals surface area contributed by atoms with Crippen LogP contribution in [0, 0.1) is 18.3 Å². The van der Waals surface area contributed by atoms with E-state index in [0.717, 1.165) is 29.4 Å². The predicted octanol–water partition coefficient (Wildman–Crippen LogP) is 3.06. The SMILES string of the molecule is Cc1cc(C(=O)N(CCC#N)C2CC2)c2ccccc2n1. The molecule has 3 rings (SSSR count). The van der Waals surface area contributed by atoms with E-state index in [1.807, 2.05) is 42.2 Å². The third kappa shape index (κ3) is 2.73. The summed E-state index contributed by atoms with van der Waals surface area (Å²) < 4.78 is 0.